The molecule has 0 aromatic rings. The predicted molar refractivity (Wildman–Crippen MR) is 41.8 cm³/mol. The number of ether oxygens (including phenoxy) is 1. The van der Waals surface area contributed by atoms with Crippen LogP contribution < -0.4 is 5.73 Å². The van der Waals surface area contributed by atoms with Crippen LogP contribution >= 0.6 is 0 Å². The molecule has 0 unspecified atom stereocenters. The van der Waals surface area contributed by atoms with Crippen LogP contribution in [0.25, 0.3) is 0 Å². The molecule has 1 fully saturated rings. The van der Waals surface area contributed by atoms with Gasteiger partial charge < -0.3 is 10.5 Å². The maximum Gasteiger partial charge on any atom is 0.0679 e. The highest BCUT2D eigenvalue weighted by atomic mass is 16.5. The molecule has 0 saturated carbocycles. The van der Waals surface area contributed by atoms with Crippen molar-refractivity contribution >= 4 is 0 Å². The van der Waals surface area contributed by atoms with Gasteiger partial charge in [-0.25, -0.2) is 0 Å². The van der Waals surface area contributed by atoms with E-state index in [1.54, 1.807) is 0 Å². The minimum atomic E-state index is 0.679. The summed E-state index contributed by atoms with van der Waals surface area (Å²) in [7, 11) is 0. The van der Waals surface area contributed by atoms with Crippen LogP contribution in [0.4, 0.5) is 0 Å². The van der Waals surface area contributed by atoms with E-state index in [0.29, 0.717) is 6.54 Å². The van der Waals surface area contributed by atoms with Gasteiger partial charge in [0, 0.05) is 13.2 Å². The van der Waals surface area contributed by atoms with Crippen molar-refractivity contribution in [1.29, 1.82) is 0 Å². The molecule has 0 spiro atoms. The van der Waals surface area contributed by atoms with Crippen molar-refractivity contribution in [2.45, 2.75) is 19.8 Å². The van der Waals surface area contributed by atoms with Crippen LogP contribution in [0.1, 0.15) is 19.8 Å². The van der Waals surface area contributed by atoms with Crippen LogP contribution in [-0.2, 0) is 4.74 Å². The zero-order chi connectivity index (χ0) is 7.40. The zero-order valence-electron chi connectivity index (χ0n) is 6.52. The van der Waals surface area contributed by atoms with Crippen LogP contribution in [0.15, 0.2) is 11.1 Å². The highest BCUT2D eigenvalue weighted by Gasteiger charge is 2.06. The second-order valence-electron chi connectivity index (χ2n) is 2.74. The smallest absolute Gasteiger partial charge is 0.0679 e. The summed E-state index contributed by atoms with van der Waals surface area (Å²) < 4.78 is 5.29. The molecule has 2 heteroatoms. The molecule has 0 bridgehead atoms. The van der Waals surface area contributed by atoms with Crippen molar-refractivity contribution in [3.63, 3.8) is 0 Å². The summed E-state index contributed by atoms with van der Waals surface area (Å²) in [6, 6.07) is 0. The monoisotopic (exact) mass is 141 g/mol. The SMILES string of the molecule is CC(CN)=C1CCCOC1. The third-order valence-corrected chi connectivity index (χ3v) is 1.95. The Morgan fingerprint density at radius 3 is 3.00 bits per heavy atom. The molecule has 1 rings (SSSR count). The Kier molecular flexibility index (Phi) is 2.90. The highest BCUT2D eigenvalue weighted by molar-refractivity contribution is 5.14. The van der Waals surface area contributed by atoms with Crippen molar-refractivity contribution in [3.8, 4) is 0 Å². The minimum absolute atomic E-state index is 0.679. The Morgan fingerprint density at radius 1 is 1.70 bits per heavy atom. The average molecular weight is 141 g/mol. The number of hydrogen-bond donors (Lipinski definition) is 1. The molecule has 1 aliphatic rings. The van der Waals surface area contributed by atoms with Crippen molar-refractivity contribution in [3.05, 3.63) is 11.1 Å². The molecule has 0 radical (unpaired) electrons. The first-order chi connectivity index (χ1) is 4.84. The first-order valence-corrected chi connectivity index (χ1v) is 3.80. The molecule has 1 saturated heterocycles. The molecule has 0 amide bonds. The summed E-state index contributed by atoms with van der Waals surface area (Å²) in [6.07, 6.45) is 2.34. The topological polar surface area (TPSA) is 35.2 Å². The van der Waals surface area contributed by atoms with Crippen LogP contribution in [0.3, 0.4) is 0 Å². The van der Waals surface area contributed by atoms with Gasteiger partial charge in [-0.05, 0) is 25.3 Å². The van der Waals surface area contributed by atoms with Gasteiger partial charge in [0.05, 0.1) is 6.61 Å². The number of nitrogens with two attached hydrogens (primary N) is 1. The van der Waals surface area contributed by atoms with E-state index in [9.17, 15) is 0 Å². The van der Waals surface area contributed by atoms with Gasteiger partial charge in [0.2, 0.25) is 0 Å². The zero-order valence-corrected chi connectivity index (χ0v) is 6.52. The Balaban J connectivity index is 2.51. The summed E-state index contributed by atoms with van der Waals surface area (Å²) in [5, 5.41) is 0. The van der Waals surface area contributed by atoms with Gasteiger partial charge in [-0.3, -0.25) is 0 Å². The van der Waals surface area contributed by atoms with E-state index in [1.807, 2.05) is 0 Å². The van der Waals surface area contributed by atoms with Gasteiger partial charge in [-0.15, -0.1) is 0 Å². The molecular weight excluding hydrogens is 126 g/mol. The Bertz CT molecular complexity index is 132. The fourth-order valence-corrected chi connectivity index (χ4v) is 1.14. The number of hydrogen-bond acceptors (Lipinski definition) is 2. The summed E-state index contributed by atoms with van der Waals surface area (Å²) in [4.78, 5) is 0. The summed E-state index contributed by atoms with van der Waals surface area (Å²) in [6.45, 7) is 4.49. The molecular formula is C8H15NO. The Labute approximate surface area is 62.1 Å². The molecule has 2 nitrogen and oxygen atoms in total. The second-order valence-corrected chi connectivity index (χ2v) is 2.74. The van der Waals surface area contributed by atoms with Gasteiger partial charge in [-0.1, -0.05) is 5.57 Å². The molecule has 0 atom stereocenters. The third-order valence-electron chi connectivity index (χ3n) is 1.95. The van der Waals surface area contributed by atoms with Crippen molar-refractivity contribution < 1.29 is 4.74 Å². The molecule has 58 valence electrons. The van der Waals surface area contributed by atoms with Crippen molar-refractivity contribution in [1.82, 2.24) is 0 Å². The molecule has 1 heterocycles. The van der Waals surface area contributed by atoms with E-state index >= 15 is 0 Å². The van der Waals surface area contributed by atoms with Gasteiger partial charge >= 0.3 is 0 Å². The lowest BCUT2D eigenvalue weighted by Crippen LogP contribution is -2.13. The van der Waals surface area contributed by atoms with Crippen LogP contribution in [0.2, 0.25) is 0 Å². The maximum absolute atomic E-state index is 5.49. The Morgan fingerprint density at radius 2 is 2.50 bits per heavy atom. The van der Waals surface area contributed by atoms with E-state index in [-0.39, 0.29) is 0 Å². The van der Waals surface area contributed by atoms with Crippen molar-refractivity contribution in [2.75, 3.05) is 19.8 Å². The first kappa shape index (κ1) is 7.76. The third kappa shape index (κ3) is 1.82. The van der Waals surface area contributed by atoms with Crippen molar-refractivity contribution in [2.24, 2.45) is 5.73 Å². The van der Waals surface area contributed by atoms with Crippen LogP contribution in [-0.4, -0.2) is 19.8 Å². The maximum atomic E-state index is 5.49. The molecule has 10 heavy (non-hydrogen) atoms. The lowest BCUT2D eigenvalue weighted by atomic mass is 10.0. The lowest BCUT2D eigenvalue weighted by Gasteiger charge is -2.16. The van der Waals surface area contributed by atoms with E-state index in [1.165, 1.54) is 17.6 Å². The lowest BCUT2D eigenvalue weighted by molar-refractivity contribution is 0.129. The molecule has 0 aromatic carbocycles. The fourth-order valence-electron chi connectivity index (χ4n) is 1.14. The van der Waals surface area contributed by atoms with E-state index in [2.05, 4.69) is 6.92 Å². The average Bonchev–Trinajstić information content (AvgIpc) is 2.05. The normalized spacial score (nSPS) is 24.6. The molecule has 2 N–H and O–H groups in total. The molecule has 0 aromatic heterocycles. The van der Waals surface area contributed by atoms with E-state index in [0.717, 1.165) is 19.6 Å². The minimum Gasteiger partial charge on any atom is -0.377 e. The molecule has 1 aliphatic heterocycles. The summed E-state index contributed by atoms with van der Waals surface area (Å²) in [5.74, 6) is 0. The number of rotatable bonds is 1. The van der Waals surface area contributed by atoms with Gasteiger partial charge in [0.1, 0.15) is 0 Å². The standard InChI is InChI=1S/C8H15NO/c1-7(5-9)8-3-2-4-10-6-8/h2-6,9H2,1H3. The highest BCUT2D eigenvalue weighted by Crippen LogP contribution is 2.15. The summed E-state index contributed by atoms with van der Waals surface area (Å²) >= 11 is 0. The quantitative estimate of drug-likeness (QED) is 0.554. The second kappa shape index (κ2) is 3.74. The predicted octanol–water partition coefficient (Wildman–Crippen LogP) is 1.07. The first-order valence-electron chi connectivity index (χ1n) is 3.80. The Hall–Kier alpha value is -0.340. The van der Waals surface area contributed by atoms with Gasteiger partial charge in [-0.2, -0.15) is 0 Å². The van der Waals surface area contributed by atoms with Crippen LogP contribution in [0.5, 0.6) is 0 Å². The van der Waals surface area contributed by atoms with Gasteiger partial charge in [0.15, 0.2) is 0 Å². The van der Waals surface area contributed by atoms with Gasteiger partial charge in [0.25, 0.3) is 0 Å². The fraction of sp³-hybridized carbons (Fsp3) is 0.750. The van der Waals surface area contributed by atoms with Crippen LogP contribution in [0, 0.1) is 0 Å². The van der Waals surface area contributed by atoms with E-state index in [4.69, 9.17) is 10.5 Å². The van der Waals surface area contributed by atoms with E-state index < -0.39 is 0 Å². The molecule has 0 aliphatic carbocycles. The summed E-state index contributed by atoms with van der Waals surface area (Å²) in [5.41, 5.74) is 8.21. The largest absolute Gasteiger partial charge is 0.377 e.